The van der Waals surface area contributed by atoms with Gasteiger partial charge in [0.2, 0.25) is 0 Å². The van der Waals surface area contributed by atoms with Crippen molar-refractivity contribution in [3.8, 4) is 0 Å². The van der Waals surface area contributed by atoms with Crippen LogP contribution in [0, 0.1) is 0 Å². The zero-order valence-corrected chi connectivity index (χ0v) is 8.05. The van der Waals surface area contributed by atoms with Crippen LogP contribution in [-0.4, -0.2) is 29.8 Å². The van der Waals surface area contributed by atoms with Crippen LogP contribution in [0.1, 0.15) is 32.6 Å². The first-order chi connectivity index (χ1) is 6.22. The molecule has 1 aliphatic carbocycles. The molecule has 0 aromatic heterocycles. The van der Waals surface area contributed by atoms with E-state index in [1.807, 2.05) is 6.92 Å². The number of aliphatic hydroxyl groups is 1. The summed E-state index contributed by atoms with van der Waals surface area (Å²) in [7, 11) is 0. The van der Waals surface area contributed by atoms with E-state index in [9.17, 15) is 9.90 Å². The van der Waals surface area contributed by atoms with Gasteiger partial charge >= 0.3 is 6.03 Å². The van der Waals surface area contributed by atoms with Crippen molar-refractivity contribution in [2.24, 2.45) is 0 Å². The summed E-state index contributed by atoms with van der Waals surface area (Å²) in [5, 5.41) is 14.7. The van der Waals surface area contributed by atoms with E-state index in [-0.39, 0.29) is 6.03 Å². The average Bonchev–Trinajstić information content (AvgIpc) is 2.85. The highest BCUT2D eigenvalue weighted by Gasteiger charge is 2.23. The predicted molar refractivity (Wildman–Crippen MR) is 50.5 cm³/mol. The lowest BCUT2D eigenvalue weighted by molar-refractivity contribution is 0.160. The molecule has 0 radical (unpaired) electrons. The molecule has 1 saturated carbocycles. The van der Waals surface area contributed by atoms with Gasteiger partial charge in [-0.1, -0.05) is 13.3 Å². The molecule has 13 heavy (non-hydrogen) atoms. The van der Waals surface area contributed by atoms with E-state index in [0.717, 1.165) is 25.7 Å². The van der Waals surface area contributed by atoms with Gasteiger partial charge in [0.1, 0.15) is 0 Å². The zero-order valence-electron chi connectivity index (χ0n) is 8.05. The normalized spacial score (nSPS) is 18.0. The van der Waals surface area contributed by atoms with Crippen molar-refractivity contribution in [3.05, 3.63) is 0 Å². The van der Waals surface area contributed by atoms with Crippen LogP contribution in [0.4, 0.5) is 4.79 Å². The average molecular weight is 186 g/mol. The Bertz CT molecular complexity index is 169. The molecule has 0 saturated heterocycles. The molecule has 1 atom stereocenters. The lowest BCUT2D eigenvalue weighted by atomic mass is 10.2. The molecule has 2 amide bonds. The van der Waals surface area contributed by atoms with Crippen LogP contribution in [0.15, 0.2) is 0 Å². The highest BCUT2D eigenvalue weighted by atomic mass is 16.3. The maximum Gasteiger partial charge on any atom is 0.315 e. The Hall–Kier alpha value is -0.770. The first-order valence-corrected chi connectivity index (χ1v) is 4.94. The quantitative estimate of drug-likeness (QED) is 0.589. The third kappa shape index (κ3) is 4.72. The molecule has 76 valence electrons. The minimum absolute atomic E-state index is 0.155. The van der Waals surface area contributed by atoms with Crippen molar-refractivity contribution >= 4 is 6.03 Å². The molecule has 1 fully saturated rings. The molecular weight excluding hydrogens is 168 g/mol. The predicted octanol–water partition coefficient (Wildman–Crippen LogP) is 0.609. The second-order valence-electron chi connectivity index (χ2n) is 3.57. The minimum Gasteiger partial charge on any atom is -0.391 e. The molecule has 0 bridgehead atoms. The first kappa shape index (κ1) is 10.3. The van der Waals surface area contributed by atoms with Crippen molar-refractivity contribution in [1.82, 2.24) is 10.6 Å². The van der Waals surface area contributed by atoms with Gasteiger partial charge in [-0.15, -0.1) is 0 Å². The van der Waals surface area contributed by atoms with Crippen LogP contribution in [0.5, 0.6) is 0 Å². The van der Waals surface area contributed by atoms with E-state index in [2.05, 4.69) is 10.6 Å². The third-order valence-electron chi connectivity index (χ3n) is 2.03. The molecule has 0 aromatic carbocycles. The lowest BCUT2D eigenvalue weighted by Crippen LogP contribution is -2.40. The molecule has 1 unspecified atom stereocenters. The number of carbonyl (C=O) groups is 1. The topological polar surface area (TPSA) is 61.4 Å². The van der Waals surface area contributed by atoms with Crippen LogP contribution in [0.25, 0.3) is 0 Å². The standard InChI is InChI=1S/C9H18N2O2/c1-2-3-8(12)6-10-9(13)11-7-4-5-7/h7-8,12H,2-6H2,1H3,(H2,10,11,13). The van der Waals surface area contributed by atoms with Gasteiger partial charge in [-0.2, -0.15) is 0 Å². The number of urea groups is 1. The van der Waals surface area contributed by atoms with Crippen LogP contribution >= 0.6 is 0 Å². The number of amides is 2. The molecule has 1 rings (SSSR count). The fraction of sp³-hybridized carbons (Fsp3) is 0.889. The van der Waals surface area contributed by atoms with E-state index in [1.165, 1.54) is 0 Å². The Morgan fingerprint density at radius 1 is 1.62 bits per heavy atom. The second-order valence-corrected chi connectivity index (χ2v) is 3.57. The van der Waals surface area contributed by atoms with Gasteiger partial charge in [-0.25, -0.2) is 4.79 Å². The number of carbonyl (C=O) groups excluding carboxylic acids is 1. The van der Waals surface area contributed by atoms with E-state index in [4.69, 9.17) is 0 Å². The molecule has 0 aliphatic heterocycles. The van der Waals surface area contributed by atoms with E-state index in [0.29, 0.717) is 12.6 Å². The molecule has 0 spiro atoms. The first-order valence-electron chi connectivity index (χ1n) is 4.94. The molecule has 3 N–H and O–H groups in total. The Morgan fingerprint density at radius 3 is 2.85 bits per heavy atom. The molecular formula is C9H18N2O2. The monoisotopic (exact) mass is 186 g/mol. The highest BCUT2D eigenvalue weighted by molar-refractivity contribution is 5.74. The fourth-order valence-corrected chi connectivity index (χ4v) is 1.11. The third-order valence-corrected chi connectivity index (χ3v) is 2.03. The van der Waals surface area contributed by atoms with Gasteiger partial charge in [-0.05, 0) is 19.3 Å². The van der Waals surface area contributed by atoms with Gasteiger partial charge in [-0.3, -0.25) is 0 Å². The minimum atomic E-state index is -0.407. The van der Waals surface area contributed by atoms with Crippen LogP contribution in [0.2, 0.25) is 0 Å². The maximum absolute atomic E-state index is 11.1. The molecule has 4 heteroatoms. The van der Waals surface area contributed by atoms with Crippen LogP contribution in [0.3, 0.4) is 0 Å². The summed E-state index contributed by atoms with van der Waals surface area (Å²) in [5.74, 6) is 0. The zero-order chi connectivity index (χ0) is 9.68. The number of nitrogens with one attached hydrogen (secondary N) is 2. The summed E-state index contributed by atoms with van der Waals surface area (Å²) >= 11 is 0. The van der Waals surface area contributed by atoms with E-state index >= 15 is 0 Å². The number of hydrogen-bond acceptors (Lipinski definition) is 2. The van der Waals surface area contributed by atoms with Crippen molar-refractivity contribution < 1.29 is 9.90 Å². The lowest BCUT2D eigenvalue weighted by Gasteiger charge is -2.10. The Labute approximate surface area is 78.7 Å². The Balaban J connectivity index is 1.99. The van der Waals surface area contributed by atoms with Gasteiger partial charge in [0.05, 0.1) is 6.10 Å². The smallest absolute Gasteiger partial charge is 0.315 e. The highest BCUT2D eigenvalue weighted by Crippen LogP contribution is 2.18. The fourth-order valence-electron chi connectivity index (χ4n) is 1.11. The molecule has 4 nitrogen and oxygen atoms in total. The SMILES string of the molecule is CCCC(O)CNC(=O)NC1CC1. The summed E-state index contributed by atoms with van der Waals surface area (Å²) in [6, 6.07) is 0.223. The number of hydrogen-bond donors (Lipinski definition) is 3. The molecule has 0 aromatic rings. The number of rotatable bonds is 5. The van der Waals surface area contributed by atoms with Crippen molar-refractivity contribution in [3.63, 3.8) is 0 Å². The maximum atomic E-state index is 11.1. The Kier molecular flexibility index (Phi) is 4.02. The van der Waals surface area contributed by atoms with Crippen LogP contribution < -0.4 is 10.6 Å². The summed E-state index contributed by atoms with van der Waals surface area (Å²) < 4.78 is 0. The van der Waals surface area contributed by atoms with Crippen molar-refractivity contribution in [2.75, 3.05) is 6.54 Å². The van der Waals surface area contributed by atoms with Gasteiger partial charge in [0.25, 0.3) is 0 Å². The van der Waals surface area contributed by atoms with Gasteiger partial charge in [0, 0.05) is 12.6 Å². The van der Waals surface area contributed by atoms with Crippen LogP contribution in [-0.2, 0) is 0 Å². The summed E-state index contributed by atoms with van der Waals surface area (Å²) in [6.45, 7) is 2.36. The van der Waals surface area contributed by atoms with Crippen molar-refractivity contribution in [1.29, 1.82) is 0 Å². The summed E-state index contributed by atoms with van der Waals surface area (Å²) in [6.07, 6.45) is 3.45. The second kappa shape index (κ2) is 5.07. The molecule has 1 aliphatic rings. The van der Waals surface area contributed by atoms with Gasteiger partial charge < -0.3 is 15.7 Å². The summed E-state index contributed by atoms with van der Waals surface area (Å²) in [4.78, 5) is 11.1. The van der Waals surface area contributed by atoms with Crippen molar-refractivity contribution in [2.45, 2.75) is 44.8 Å². The van der Waals surface area contributed by atoms with E-state index in [1.54, 1.807) is 0 Å². The number of aliphatic hydroxyl groups excluding tert-OH is 1. The Morgan fingerprint density at radius 2 is 2.31 bits per heavy atom. The van der Waals surface area contributed by atoms with Gasteiger partial charge in [0.15, 0.2) is 0 Å². The van der Waals surface area contributed by atoms with E-state index < -0.39 is 6.10 Å². The summed E-state index contributed by atoms with van der Waals surface area (Å²) in [5.41, 5.74) is 0. The molecule has 0 heterocycles. The largest absolute Gasteiger partial charge is 0.391 e.